The van der Waals surface area contributed by atoms with E-state index in [1.54, 1.807) is 12.1 Å². The van der Waals surface area contributed by atoms with Gasteiger partial charge in [-0.15, -0.1) is 0 Å². The minimum Gasteiger partial charge on any atom is -0.374 e. The number of nitrogens with one attached hydrogen (secondary N) is 1. The third-order valence-electron chi connectivity index (χ3n) is 4.23. The Balaban J connectivity index is 1.77. The molecule has 0 amide bonds. The molecule has 0 radical (unpaired) electrons. The fraction of sp³-hybridized carbons (Fsp3) is 0.150. The summed E-state index contributed by atoms with van der Waals surface area (Å²) in [7, 11) is 0. The lowest BCUT2D eigenvalue weighted by atomic mass is 10.1. The van der Waals surface area contributed by atoms with Crippen molar-refractivity contribution in [3.05, 3.63) is 93.7 Å². The second kappa shape index (κ2) is 8.38. The summed E-state index contributed by atoms with van der Waals surface area (Å²) < 4.78 is 38.4. The first-order valence-electron chi connectivity index (χ1n) is 8.53. The van der Waals surface area contributed by atoms with Gasteiger partial charge in [-0.3, -0.25) is 20.4 Å². The van der Waals surface area contributed by atoms with Crippen LogP contribution in [0.2, 0.25) is 0 Å². The first kappa shape index (κ1) is 20.4. The highest BCUT2D eigenvalue weighted by atomic mass is 19.4. The molecule has 6 nitrogen and oxygen atoms in total. The van der Waals surface area contributed by atoms with Crippen molar-refractivity contribution in [1.82, 2.24) is 10.3 Å². The number of hydrogen-bond acceptors (Lipinski definition) is 5. The van der Waals surface area contributed by atoms with Gasteiger partial charge < -0.3 is 5.11 Å². The third kappa shape index (κ3) is 4.95. The van der Waals surface area contributed by atoms with Gasteiger partial charge in [-0.25, -0.2) is 0 Å². The molecule has 2 N–H and O–H groups in total. The second-order valence-corrected chi connectivity index (χ2v) is 6.23. The minimum atomic E-state index is -4.45. The van der Waals surface area contributed by atoms with Crippen LogP contribution in [0, 0.1) is 10.1 Å². The zero-order valence-electron chi connectivity index (χ0n) is 14.9. The summed E-state index contributed by atoms with van der Waals surface area (Å²) in [4.78, 5) is 14.8. The first-order chi connectivity index (χ1) is 13.8. The van der Waals surface area contributed by atoms with Crippen LogP contribution in [0.15, 0.2) is 66.9 Å². The molecule has 1 heterocycles. The molecule has 0 aliphatic carbocycles. The number of alkyl halides is 3. The molecule has 1 unspecified atom stereocenters. The average molecular weight is 403 g/mol. The van der Waals surface area contributed by atoms with E-state index >= 15 is 0 Å². The van der Waals surface area contributed by atoms with Gasteiger partial charge in [0, 0.05) is 18.8 Å². The van der Waals surface area contributed by atoms with Gasteiger partial charge >= 0.3 is 6.18 Å². The Hall–Kier alpha value is -3.30. The van der Waals surface area contributed by atoms with E-state index in [1.165, 1.54) is 42.6 Å². The Morgan fingerprint density at radius 2 is 1.86 bits per heavy atom. The fourth-order valence-corrected chi connectivity index (χ4v) is 2.80. The van der Waals surface area contributed by atoms with Crippen LogP contribution >= 0.6 is 0 Å². The van der Waals surface area contributed by atoms with Crippen LogP contribution in [0.1, 0.15) is 22.9 Å². The minimum absolute atomic E-state index is 0.00573. The number of pyridine rings is 1. The molecule has 0 spiro atoms. The van der Waals surface area contributed by atoms with Gasteiger partial charge in [-0.05, 0) is 35.4 Å². The maximum atomic E-state index is 12.8. The number of nitrogens with zero attached hydrogens (tertiary/aromatic N) is 2. The number of para-hydroxylation sites is 1. The van der Waals surface area contributed by atoms with Gasteiger partial charge in [-0.1, -0.05) is 30.3 Å². The van der Waals surface area contributed by atoms with E-state index in [0.717, 1.165) is 12.1 Å². The number of aliphatic hydroxyl groups excluding tert-OH is 1. The Morgan fingerprint density at radius 1 is 1.10 bits per heavy atom. The zero-order chi connectivity index (χ0) is 21.0. The van der Waals surface area contributed by atoms with Crippen LogP contribution in [-0.4, -0.2) is 15.0 Å². The number of benzene rings is 2. The summed E-state index contributed by atoms with van der Waals surface area (Å²) in [5.74, 6) is 0. The molecule has 0 bridgehead atoms. The normalized spacial score (nSPS) is 12.6. The maximum Gasteiger partial charge on any atom is 0.416 e. The van der Waals surface area contributed by atoms with E-state index in [9.17, 15) is 28.4 Å². The van der Waals surface area contributed by atoms with E-state index < -0.39 is 22.9 Å². The zero-order valence-corrected chi connectivity index (χ0v) is 14.9. The van der Waals surface area contributed by atoms with Crippen molar-refractivity contribution in [2.75, 3.05) is 0 Å². The SMILES string of the molecule is O=[N+]([O-])c1ccccc1-c1cc(C(O)NCc2cccc(C(F)(F)F)c2)ccn1. The quantitative estimate of drug-likeness (QED) is 0.361. The van der Waals surface area contributed by atoms with Crippen molar-refractivity contribution in [1.29, 1.82) is 0 Å². The molecule has 0 aliphatic heterocycles. The van der Waals surface area contributed by atoms with Crippen LogP contribution in [0.3, 0.4) is 0 Å². The number of rotatable bonds is 6. The fourth-order valence-electron chi connectivity index (χ4n) is 2.80. The van der Waals surface area contributed by atoms with E-state index in [0.29, 0.717) is 22.4 Å². The average Bonchev–Trinajstić information content (AvgIpc) is 2.71. The van der Waals surface area contributed by atoms with E-state index in [2.05, 4.69) is 10.3 Å². The number of nitro groups is 1. The van der Waals surface area contributed by atoms with Crippen molar-refractivity contribution in [3.8, 4) is 11.3 Å². The molecule has 3 aromatic rings. The molecule has 0 saturated heterocycles. The predicted octanol–water partition coefficient (Wildman–Crippen LogP) is 4.46. The lowest BCUT2D eigenvalue weighted by Gasteiger charge is -2.15. The highest BCUT2D eigenvalue weighted by molar-refractivity contribution is 5.70. The summed E-state index contributed by atoms with van der Waals surface area (Å²) in [5, 5.41) is 24.3. The number of aromatic nitrogens is 1. The smallest absolute Gasteiger partial charge is 0.374 e. The summed E-state index contributed by atoms with van der Waals surface area (Å²) in [6, 6.07) is 13.9. The largest absolute Gasteiger partial charge is 0.416 e. The maximum absolute atomic E-state index is 12.8. The van der Waals surface area contributed by atoms with Crippen LogP contribution in [-0.2, 0) is 12.7 Å². The molecule has 150 valence electrons. The van der Waals surface area contributed by atoms with E-state index in [-0.39, 0.29) is 12.2 Å². The summed E-state index contributed by atoms with van der Waals surface area (Å²) in [6.07, 6.45) is -4.25. The van der Waals surface area contributed by atoms with E-state index in [1.807, 2.05) is 0 Å². The molecule has 29 heavy (non-hydrogen) atoms. The first-order valence-corrected chi connectivity index (χ1v) is 8.53. The standard InChI is InChI=1S/C20H16F3N3O3/c21-20(22,23)15-5-3-4-13(10-15)12-25-19(27)14-8-9-24-17(11-14)16-6-1-2-7-18(16)26(28)29/h1-11,19,25,27H,12H2. The molecular formula is C20H16F3N3O3. The highest BCUT2D eigenvalue weighted by Crippen LogP contribution is 2.30. The third-order valence-corrected chi connectivity index (χ3v) is 4.23. The van der Waals surface area contributed by atoms with Gasteiger partial charge in [0.25, 0.3) is 5.69 Å². The molecule has 0 fully saturated rings. The molecule has 3 rings (SSSR count). The number of hydrogen-bond donors (Lipinski definition) is 2. The highest BCUT2D eigenvalue weighted by Gasteiger charge is 2.30. The predicted molar refractivity (Wildman–Crippen MR) is 99.6 cm³/mol. The molecule has 0 saturated carbocycles. The Bertz CT molecular complexity index is 1020. The summed E-state index contributed by atoms with van der Waals surface area (Å²) in [5.41, 5.74) is 0.434. The van der Waals surface area contributed by atoms with Gasteiger partial charge in [0.2, 0.25) is 0 Å². The molecular weight excluding hydrogens is 387 g/mol. The lowest BCUT2D eigenvalue weighted by molar-refractivity contribution is -0.384. The monoisotopic (exact) mass is 403 g/mol. The van der Waals surface area contributed by atoms with Crippen LogP contribution in [0.25, 0.3) is 11.3 Å². The molecule has 2 aromatic carbocycles. The topological polar surface area (TPSA) is 88.3 Å². The van der Waals surface area contributed by atoms with Crippen molar-refractivity contribution >= 4 is 5.69 Å². The molecule has 0 aliphatic rings. The molecule has 9 heteroatoms. The van der Waals surface area contributed by atoms with Crippen LogP contribution < -0.4 is 5.32 Å². The van der Waals surface area contributed by atoms with E-state index in [4.69, 9.17) is 0 Å². The summed E-state index contributed by atoms with van der Waals surface area (Å²) in [6.45, 7) is -0.00573. The van der Waals surface area contributed by atoms with Crippen molar-refractivity contribution in [2.45, 2.75) is 18.9 Å². The molecule has 1 aromatic heterocycles. The second-order valence-electron chi connectivity index (χ2n) is 6.23. The number of halogens is 3. The van der Waals surface area contributed by atoms with Crippen molar-refractivity contribution in [3.63, 3.8) is 0 Å². The Labute approximate surface area is 163 Å². The molecule has 1 atom stereocenters. The van der Waals surface area contributed by atoms with Crippen LogP contribution in [0.4, 0.5) is 18.9 Å². The van der Waals surface area contributed by atoms with Crippen molar-refractivity contribution < 1.29 is 23.2 Å². The summed E-state index contributed by atoms with van der Waals surface area (Å²) >= 11 is 0. The van der Waals surface area contributed by atoms with Gasteiger partial charge in [-0.2, -0.15) is 13.2 Å². The van der Waals surface area contributed by atoms with Crippen LogP contribution in [0.5, 0.6) is 0 Å². The lowest BCUT2D eigenvalue weighted by Crippen LogP contribution is -2.20. The van der Waals surface area contributed by atoms with Gasteiger partial charge in [0.15, 0.2) is 0 Å². The Morgan fingerprint density at radius 3 is 2.59 bits per heavy atom. The number of nitro benzene ring substituents is 1. The van der Waals surface area contributed by atoms with Gasteiger partial charge in [0.1, 0.15) is 6.23 Å². The number of aliphatic hydroxyl groups is 1. The van der Waals surface area contributed by atoms with Crippen molar-refractivity contribution in [2.24, 2.45) is 0 Å². The van der Waals surface area contributed by atoms with Gasteiger partial charge in [0.05, 0.1) is 21.7 Å². The Kier molecular flexibility index (Phi) is 5.90.